The molecule has 0 aromatic heterocycles. The molecule has 0 aromatic rings. The van der Waals surface area contributed by atoms with Crippen molar-refractivity contribution in [3.05, 3.63) is 0 Å². The molecule has 1 heterocycles. The van der Waals surface area contributed by atoms with Crippen LogP contribution in [0, 0.1) is 11.3 Å². The highest BCUT2D eigenvalue weighted by molar-refractivity contribution is 6.05. The van der Waals surface area contributed by atoms with Crippen LogP contribution in [0.1, 0.15) is 25.7 Å². The lowest BCUT2D eigenvalue weighted by Gasteiger charge is -2.30. The largest absolute Gasteiger partial charge is 0.468 e. The summed E-state index contributed by atoms with van der Waals surface area (Å²) < 4.78 is 4.70. The zero-order valence-corrected chi connectivity index (χ0v) is 11.2. The first kappa shape index (κ1) is 13.3. The average molecular weight is 254 g/mol. The summed E-state index contributed by atoms with van der Waals surface area (Å²) in [5, 5.41) is 2.92. The van der Waals surface area contributed by atoms with E-state index in [1.165, 1.54) is 13.5 Å². The van der Waals surface area contributed by atoms with Crippen LogP contribution in [0.15, 0.2) is 0 Å². The smallest absolute Gasteiger partial charge is 0.321 e. The van der Waals surface area contributed by atoms with Gasteiger partial charge in [-0.3, -0.25) is 9.59 Å². The first-order valence-electron chi connectivity index (χ1n) is 6.64. The van der Waals surface area contributed by atoms with Crippen molar-refractivity contribution in [2.45, 2.75) is 25.7 Å². The second kappa shape index (κ2) is 5.26. The summed E-state index contributed by atoms with van der Waals surface area (Å²) in [5.74, 6) is -0.0375. The Hall–Kier alpha value is -1.10. The molecule has 0 aromatic carbocycles. The molecule has 102 valence electrons. The van der Waals surface area contributed by atoms with Gasteiger partial charge in [-0.2, -0.15) is 0 Å². The van der Waals surface area contributed by atoms with E-state index in [0.717, 1.165) is 19.5 Å². The van der Waals surface area contributed by atoms with E-state index in [9.17, 15) is 9.59 Å². The lowest BCUT2D eigenvalue weighted by Crippen LogP contribution is -2.43. The summed E-state index contributed by atoms with van der Waals surface area (Å²) in [6, 6.07) is 0. The quantitative estimate of drug-likeness (QED) is 0.583. The molecule has 2 fully saturated rings. The van der Waals surface area contributed by atoms with Crippen LogP contribution in [0.25, 0.3) is 0 Å². The standard InChI is InChI=1S/C13H22N2O3/c1-15-7-3-4-10(9-15)8-14-11(16)13(5-6-13)12(17)18-2/h10H,3-9H2,1-2H3,(H,14,16). The number of piperidine rings is 1. The lowest BCUT2D eigenvalue weighted by molar-refractivity contribution is -0.152. The number of nitrogens with one attached hydrogen (secondary N) is 1. The average Bonchev–Trinajstić information content (AvgIpc) is 3.16. The Morgan fingerprint density at radius 2 is 2.17 bits per heavy atom. The van der Waals surface area contributed by atoms with E-state index in [4.69, 9.17) is 4.74 Å². The van der Waals surface area contributed by atoms with E-state index in [2.05, 4.69) is 17.3 Å². The Morgan fingerprint density at radius 1 is 1.44 bits per heavy atom. The molecule has 0 radical (unpaired) electrons. The van der Waals surface area contributed by atoms with E-state index in [0.29, 0.717) is 25.3 Å². The summed E-state index contributed by atoms with van der Waals surface area (Å²) in [5.41, 5.74) is -0.866. The Labute approximate surface area is 108 Å². The summed E-state index contributed by atoms with van der Waals surface area (Å²) in [6.45, 7) is 2.82. The van der Waals surface area contributed by atoms with E-state index < -0.39 is 5.41 Å². The molecule has 2 aliphatic rings. The highest BCUT2D eigenvalue weighted by Gasteiger charge is 2.57. The zero-order chi connectivity index (χ0) is 13.2. The number of hydrogen-bond acceptors (Lipinski definition) is 4. The number of amides is 1. The highest BCUT2D eigenvalue weighted by atomic mass is 16.5. The summed E-state index contributed by atoms with van der Waals surface area (Å²) in [7, 11) is 3.44. The number of methoxy groups -OCH3 is 1. The fourth-order valence-corrected chi connectivity index (χ4v) is 2.69. The van der Waals surface area contributed by atoms with Crippen LogP contribution < -0.4 is 5.32 Å². The molecule has 1 N–H and O–H groups in total. The van der Waals surface area contributed by atoms with Crippen LogP contribution in [0.4, 0.5) is 0 Å². The molecule has 18 heavy (non-hydrogen) atoms. The zero-order valence-electron chi connectivity index (χ0n) is 11.2. The Balaban J connectivity index is 1.80. The molecule has 0 spiro atoms. The van der Waals surface area contributed by atoms with Gasteiger partial charge in [0.05, 0.1) is 7.11 Å². The van der Waals surface area contributed by atoms with Crippen molar-refractivity contribution in [1.82, 2.24) is 10.2 Å². The van der Waals surface area contributed by atoms with Crippen molar-refractivity contribution in [2.24, 2.45) is 11.3 Å². The van der Waals surface area contributed by atoms with E-state index in [1.807, 2.05) is 0 Å². The first-order valence-corrected chi connectivity index (χ1v) is 6.64. The predicted octanol–water partition coefficient (Wildman–Crippen LogP) is 0.398. The minimum Gasteiger partial charge on any atom is -0.468 e. The third kappa shape index (κ3) is 2.66. The van der Waals surface area contributed by atoms with E-state index >= 15 is 0 Å². The number of esters is 1. The third-order valence-corrected chi connectivity index (χ3v) is 4.03. The van der Waals surface area contributed by atoms with Crippen LogP contribution in [0.5, 0.6) is 0 Å². The van der Waals surface area contributed by atoms with Crippen LogP contribution in [0.3, 0.4) is 0 Å². The van der Waals surface area contributed by atoms with Crippen molar-refractivity contribution in [3.63, 3.8) is 0 Å². The number of carbonyl (C=O) groups is 2. The first-order chi connectivity index (χ1) is 8.58. The van der Waals surface area contributed by atoms with Gasteiger partial charge in [-0.05, 0) is 45.2 Å². The van der Waals surface area contributed by atoms with Gasteiger partial charge >= 0.3 is 5.97 Å². The van der Waals surface area contributed by atoms with Crippen molar-refractivity contribution >= 4 is 11.9 Å². The maximum Gasteiger partial charge on any atom is 0.321 e. The molecular formula is C13H22N2O3. The number of hydrogen-bond donors (Lipinski definition) is 1. The van der Waals surface area contributed by atoms with Gasteiger partial charge in [-0.25, -0.2) is 0 Å². The fourth-order valence-electron chi connectivity index (χ4n) is 2.69. The second-order valence-electron chi connectivity index (χ2n) is 5.55. The summed E-state index contributed by atoms with van der Waals surface area (Å²) in [6.07, 6.45) is 3.57. The molecule has 0 bridgehead atoms. The number of carbonyl (C=O) groups excluding carboxylic acids is 2. The molecule has 1 saturated carbocycles. The Morgan fingerprint density at radius 3 is 2.72 bits per heavy atom. The number of rotatable bonds is 4. The van der Waals surface area contributed by atoms with Crippen molar-refractivity contribution in [3.8, 4) is 0 Å². The number of ether oxygens (including phenoxy) is 1. The monoisotopic (exact) mass is 254 g/mol. The molecule has 1 saturated heterocycles. The minimum atomic E-state index is -0.866. The van der Waals surface area contributed by atoms with Gasteiger partial charge in [0.15, 0.2) is 0 Å². The highest BCUT2D eigenvalue weighted by Crippen LogP contribution is 2.46. The van der Waals surface area contributed by atoms with Gasteiger partial charge in [0, 0.05) is 13.1 Å². The molecule has 5 nitrogen and oxygen atoms in total. The molecule has 1 aliphatic carbocycles. The summed E-state index contributed by atoms with van der Waals surface area (Å²) in [4.78, 5) is 25.9. The van der Waals surface area contributed by atoms with Gasteiger partial charge in [-0.1, -0.05) is 0 Å². The van der Waals surface area contributed by atoms with E-state index in [-0.39, 0.29) is 11.9 Å². The van der Waals surface area contributed by atoms with Crippen LogP contribution in [-0.4, -0.2) is 50.6 Å². The molecule has 1 amide bonds. The topological polar surface area (TPSA) is 58.6 Å². The molecular weight excluding hydrogens is 232 g/mol. The molecule has 1 atom stereocenters. The second-order valence-corrected chi connectivity index (χ2v) is 5.55. The molecule has 2 rings (SSSR count). The maximum absolute atomic E-state index is 12.0. The predicted molar refractivity (Wildman–Crippen MR) is 66.9 cm³/mol. The van der Waals surface area contributed by atoms with Crippen LogP contribution >= 0.6 is 0 Å². The van der Waals surface area contributed by atoms with Gasteiger partial charge in [0.2, 0.25) is 5.91 Å². The third-order valence-electron chi connectivity index (χ3n) is 4.03. The van der Waals surface area contributed by atoms with E-state index in [1.54, 1.807) is 0 Å². The van der Waals surface area contributed by atoms with Gasteiger partial charge < -0.3 is 15.0 Å². The molecule has 5 heteroatoms. The van der Waals surface area contributed by atoms with Crippen LogP contribution in [0.2, 0.25) is 0 Å². The Bertz CT molecular complexity index is 339. The normalized spacial score (nSPS) is 26.4. The number of nitrogens with zero attached hydrogens (tertiary/aromatic N) is 1. The number of likely N-dealkylation sites (tertiary alicyclic amines) is 1. The maximum atomic E-state index is 12.0. The van der Waals surface area contributed by atoms with Crippen molar-refractivity contribution in [1.29, 1.82) is 0 Å². The van der Waals surface area contributed by atoms with Crippen molar-refractivity contribution in [2.75, 3.05) is 33.8 Å². The van der Waals surface area contributed by atoms with Crippen molar-refractivity contribution < 1.29 is 14.3 Å². The Kier molecular flexibility index (Phi) is 3.90. The summed E-state index contributed by atoms with van der Waals surface area (Å²) >= 11 is 0. The fraction of sp³-hybridized carbons (Fsp3) is 0.846. The molecule has 1 aliphatic heterocycles. The molecule has 1 unspecified atom stereocenters. The SMILES string of the molecule is COC(=O)C1(C(=O)NCC2CCCN(C)C2)CC1. The van der Waals surface area contributed by atoms with Gasteiger partial charge in [0.1, 0.15) is 5.41 Å². The van der Waals surface area contributed by atoms with Gasteiger partial charge in [-0.15, -0.1) is 0 Å². The minimum absolute atomic E-state index is 0.150. The van der Waals surface area contributed by atoms with Crippen LogP contribution in [-0.2, 0) is 14.3 Å². The lowest BCUT2D eigenvalue weighted by atomic mass is 9.98. The van der Waals surface area contributed by atoms with Gasteiger partial charge in [0.25, 0.3) is 0 Å².